The number of carbonyl (C=O) groups excluding carboxylic acids is 1. The predicted molar refractivity (Wildman–Crippen MR) is 110 cm³/mol. The zero-order valence-electron chi connectivity index (χ0n) is 17.0. The lowest BCUT2D eigenvalue weighted by Gasteiger charge is -2.54. The van der Waals surface area contributed by atoms with E-state index in [0.717, 1.165) is 19.4 Å². The molecule has 5 heteroatoms. The number of benzene rings is 1. The maximum atomic E-state index is 8.95. The van der Waals surface area contributed by atoms with E-state index in [2.05, 4.69) is 51.9 Å². The second-order valence-electron chi connectivity index (χ2n) is 8.37. The molecular weight excluding hydrogens is 352 g/mol. The molecule has 0 spiro atoms. The van der Waals surface area contributed by atoms with E-state index >= 15 is 0 Å². The van der Waals surface area contributed by atoms with Crippen molar-refractivity contribution in [2.24, 2.45) is 5.92 Å². The highest BCUT2D eigenvalue weighted by molar-refractivity contribution is 5.85. The molecule has 0 saturated carbocycles. The summed E-state index contributed by atoms with van der Waals surface area (Å²) >= 11 is 0. The van der Waals surface area contributed by atoms with E-state index in [-0.39, 0.29) is 5.41 Å². The number of H-pyrrole nitrogens is 1. The first kappa shape index (κ1) is 19.2. The third kappa shape index (κ3) is 3.07. The molecule has 4 atom stereocenters. The first-order valence-corrected chi connectivity index (χ1v) is 10.1. The van der Waals surface area contributed by atoms with E-state index in [1.165, 1.54) is 43.2 Å². The minimum atomic E-state index is 0.200. The Labute approximate surface area is 166 Å². The number of ether oxygens (including phenoxy) is 2. The Kier molecular flexibility index (Phi) is 5.30. The summed E-state index contributed by atoms with van der Waals surface area (Å²) in [5.41, 5.74) is 6.18. The molecule has 1 aromatic heterocycles. The van der Waals surface area contributed by atoms with E-state index in [9.17, 15) is 0 Å². The van der Waals surface area contributed by atoms with Gasteiger partial charge in [0.2, 0.25) is 0 Å². The van der Waals surface area contributed by atoms with Gasteiger partial charge >= 0.3 is 0 Å². The quantitative estimate of drug-likeness (QED) is 0.650. The van der Waals surface area contributed by atoms with Gasteiger partial charge in [0.15, 0.2) is 0 Å². The van der Waals surface area contributed by atoms with Crippen molar-refractivity contribution in [2.75, 3.05) is 33.9 Å². The summed E-state index contributed by atoms with van der Waals surface area (Å²) in [6, 6.07) is 9.37. The van der Waals surface area contributed by atoms with Crippen LogP contribution in [0.4, 0.5) is 0 Å². The molecule has 3 unspecified atom stereocenters. The van der Waals surface area contributed by atoms with Crippen molar-refractivity contribution in [1.29, 1.82) is 0 Å². The summed E-state index contributed by atoms with van der Waals surface area (Å²) in [7, 11) is 3.12. The minimum absolute atomic E-state index is 0.200. The topological polar surface area (TPSA) is 54.6 Å². The fraction of sp³-hybridized carbons (Fsp3) is 0.522. The van der Waals surface area contributed by atoms with Crippen molar-refractivity contribution in [3.05, 3.63) is 47.2 Å². The number of aromatic nitrogens is 1. The van der Waals surface area contributed by atoms with Gasteiger partial charge in [0.05, 0.1) is 7.11 Å². The first-order chi connectivity index (χ1) is 13.6. The molecule has 5 nitrogen and oxygen atoms in total. The standard InChI is InChI=1S/C21H26N2O.C2H4O2/c1-21-12-14-11-15(8-10-24-2)20(21)23(13-14)9-7-17-16-5-3-4-6-18(16)22-19(17)21;1-4-2-3/h3-6,11,14,20,22H,7-10,12-13H2,1-2H3;2H,1H3/t14?,20?,21-;/m1./s1. The van der Waals surface area contributed by atoms with Crippen LogP contribution in [0.1, 0.15) is 31.0 Å². The van der Waals surface area contributed by atoms with Crippen molar-refractivity contribution in [2.45, 2.75) is 37.6 Å². The molecule has 0 radical (unpaired) electrons. The number of hydrogen-bond acceptors (Lipinski definition) is 4. The van der Waals surface area contributed by atoms with Gasteiger partial charge in [-0.15, -0.1) is 0 Å². The van der Waals surface area contributed by atoms with Crippen LogP contribution in [0.2, 0.25) is 0 Å². The lowest BCUT2D eigenvalue weighted by Crippen LogP contribution is -2.59. The molecule has 2 aromatic rings. The first-order valence-electron chi connectivity index (χ1n) is 10.1. The third-order valence-corrected chi connectivity index (χ3v) is 6.65. The molecule has 1 N–H and O–H groups in total. The van der Waals surface area contributed by atoms with Crippen LogP contribution >= 0.6 is 0 Å². The number of carbonyl (C=O) groups is 1. The Morgan fingerprint density at radius 2 is 2.11 bits per heavy atom. The number of rotatable bonds is 4. The van der Waals surface area contributed by atoms with Gasteiger partial charge in [-0.1, -0.05) is 36.8 Å². The Morgan fingerprint density at radius 3 is 2.86 bits per heavy atom. The SMILES string of the molecule is COC=O.COCCC1=CC2CN3CCc4c([nH]c5ccccc45)[C@@](C)(C2)C13. The van der Waals surface area contributed by atoms with E-state index in [0.29, 0.717) is 18.4 Å². The van der Waals surface area contributed by atoms with Crippen LogP contribution in [-0.4, -0.2) is 56.3 Å². The van der Waals surface area contributed by atoms with Gasteiger partial charge in [0.25, 0.3) is 6.47 Å². The van der Waals surface area contributed by atoms with Crippen molar-refractivity contribution in [3.63, 3.8) is 0 Å². The lowest BCUT2D eigenvalue weighted by molar-refractivity contribution is -0.126. The van der Waals surface area contributed by atoms with Gasteiger partial charge < -0.3 is 14.5 Å². The Bertz CT molecular complexity index is 887. The second-order valence-corrected chi connectivity index (χ2v) is 8.37. The smallest absolute Gasteiger partial charge is 0.292 e. The molecule has 1 aromatic carbocycles. The monoisotopic (exact) mass is 382 g/mol. The number of hydrogen-bond donors (Lipinski definition) is 1. The van der Waals surface area contributed by atoms with Gasteiger partial charge in [-0.25, -0.2) is 0 Å². The van der Waals surface area contributed by atoms with Crippen LogP contribution in [0, 0.1) is 5.92 Å². The molecule has 150 valence electrons. The molecule has 4 bridgehead atoms. The average Bonchev–Trinajstić information content (AvgIpc) is 3.06. The number of fused-ring (bicyclic) bond motifs is 3. The molecule has 6 rings (SSSR count). The summed E-state index contributed by atoms with van der Waals surface area (Å²) in [5.74, 6) is 0.684. The highest BCUT2D eigenvalue weighted by Gasteiger charge is 2.52. The average molecular weight is 383 g/mol. The number of nitrogens with one attached hydrogen (secondary N) is 1. The number of aromatic amines is 1. The number of piperidine rings is 1. The van der Waals surface area contributed by atoms with Crippen molar-refractivity contribution in [1.82, 2.24) is 9.88 Å². The van der Waals surface area contributed by atoms with Crippen LogP contribution < -0.4 is 0 Å². The van der Waals surface area contributed by atoms with E-state index in [1.807, 2.05) is 7.11 Å². The summed E-state index contributed by atoms with van der Waals surface area (Å²) in [6.07, 6.45) is 6.06. The van der Waals surface area contributed by atoms with Crippen LogP contribution in [0.15, 0.2) is 35.9 Å². The molecule has 3 aliphatic heterocycles. The summed E-state index contributed by atoms with van der Waals surface area (Å²) in [6.45, 7) is 6.11. The molecule has 4 heterocycles. The van der Waals surface area contributed by atoms with Crippen LogP contribution in [0.25, 0.3) is 10.9 Å². The largest absolute Gasteiger partial charge is 0.471 e. The molecule has 1 saturated heterocycles. The molecule has 1 fully saturated rings. The number of nitrogens with zero attached hydrogens (tertiary/aromatic N) is 1. The maximum absolute atomic E-state index is 8.95. The fourth-order valence-electron chi connectivity index (χ4n) is 5.78. The predicted octanol–water partition coefficient (Wildman–Crippen LogP) is 3.44. The van der Waals surface area contributed by atoms with Gasteiger partial charge in [-0.3, -0.25) is 9.69 Å². The summed E-state index contributed by atoms with van der Waals surface area (Å²) in [4.78, 5) is 15.5. The van der Waals surface area contributed by atoms with E-state index in [4.69, 9.17) is 9.53 Å². The number of methoxy groups -OCH3 is 2. The van der Waals surface area contributed by atoms with E-state index < -0.39 is 0 Å². The van der Waals surface area contributed by atoms with Gasteiger partial charge in [-0.2, -0.15) is 0 Å². The molecule has 0 amide bonds. The van der Waals surface area contributed by atoms with Gasteiger partial charge in [0, 0.05) is 54.9 Å². The van der Waals surface area contributed by atoms with Gasteiger partial charge in [-0.05, 0) is 36.8 Å². The summed E-state index contributed by atoms with van der Waals surface area (Å²) in [5, 5.41) is 1.43. The molecule has 4 aliphatic rings. The fourth-order valence-corrected chi connectivity index (χ4v) is 5.78. The normalized spacial score (nSPS) is 30.0. The third-order valence-electron chi connectivity index (χ3n) is 6.65. The van der Waals surface area contributed by atoms with Crippen LogP contribution in [0.3, 0.4) is 0 Å². The molecular formula is C23H30N2O3. The van der Waals surface area contributed by atoms with Crippen LogP contribution in [-0.2, 0) is 26.1 Å². The Balaban J connectivity index is 0.000000442. The van der Waals surface area contributed by atoms with Crippen molar-refractivity contribution < 1.29 is 14.3 Å². The second kappa shape index (κ2) is 7.72. The van der Waals surface area contributed by atoms with Gasteiger partial charge in [0.1, 0.15) is 0 Å². The minimum Gasteiger partial charge on any atom is -0.471 e. The molecule has 28 heavy (non-hydrogen) atoms. The zero-order valence-corrected chi connectivity index (χ0v) is 17.0. The Morgan fingerprint density at radius 1 is 1.32 bits per heavy atom. The van der Waals surface area contributed by atoms with Crippen molar-refractivity contribution >= 4 is 17.4 Å². The summed E-state index contributed by atoms with van der Waals surface area (Å²) < 4.78 is 9.25. The maximum Gasteiger partial charge on any atom is 0.292 e. The highest BCUT2D eigenvalue weighted by Crippen LogP contribution is 2.52. The molecule has 1 aliphatic carbocycles. The highest BCUT2D eigenvalue weighted by atomic mass is 16.5. The van der Waals surface area contributed by atoms with Crippen molar-refractivity contribution in [3.8, 4) is 0 Å². The van der Waals surface area contributed by atoms with Crippen LogP contribution in [0.5, 0.6) is 0 Å². The van der Waals surface area contributed by atoms with E-state index in [1.54, 1.807) is 11.1 Å². The lowest BCUT2D eigenvalue weighted by atomic mass is 9.62. The zero-order chi connectivity index (χ0) is 19.7. The Hall–Kier alpha value is -2.11. The number of para-hydroxylation sites is 1.